The van der Waals surface area contributed by atoms with Crippen LogP contribution in [0.15, 0.2) is 41.5 Å². The Morgan fingerprint density at radius 2 is 1.80 bits per heavy atom. The summed E-state index contributed by atoms with van der Waals surface area (Å²) in [5.41, 5.74) is 2.72. The minimum Gasteiger partial charge on any atom is -0.381 e. The van der Waals surface area contributed by atoms with Gasteiger partial charge in [0.05, 0.1) is 17.3 Å². The molecule has 2 fully saturated rings. The third-order valence-electron chi connectivity index (χ3n) is 7.33. The molecule has 0 radical (unpaired) electrons. The molecule has 0 unspecified atom stereocenters. The number of anilines is 1. The van der Waals surface area contributed by atoms with Crippen molar-refractivity contribution < 1.29 is 4.74 Å². The molecule has 5 heterocycles. The maximum Gasteiger partial charge on any atom is 0.252 e. The van der Waals surface area contributed by atoms with Gasteiger partial charge in [-0.2, -0.15) is 4.98 Å². The van der Waals surface area contributed by atoms with Gasteiger partial charge in [0.1, 0.15) is 5.65 Å². The van der Waals surface area contributed by atoms with Gasteiger partial charge >= 0.3 is 0 Å². The van der Waals surface area contributed by atoms with Crippen LogP contribution in [0.1, 0.15) is 57.0 Å². The van der Waals surface area contributed by atoms with E-state index in [4.69, 9.17) is 9.72 Å². The molecule has 186 valence electrons. The quantitative estimate of drug-likeness (QED) is 0.560. The van der Waals surface area contributed by atoms with Crippen LogP contribution < -0.4 is 16.2 Å². The molecule has 1 atom stereocenters. The lowest BCUT2D eigenvalue weighted by Crippen LogP contribution is -2.56. The molecule has 0 saturated carbocycles. The molecule has 3 aromatic heterocycles. The van der Waals surface area contributed by atoms with Gasteiger partial charge in [0, 0.05) is 69.3 Å². The monoisotopic (exact) mass is 477 g/mol. The second-order valence-electron chi connectivity index (χ2n) is 9.83. The van der Waals surface area contributed by atoms with Crippen LogP contribution in [-0.4, -0.2) is 63.8 Å². The van der Waals surface area contributed by atoms with E-state index >= 15 is 0 Å². The van der Waals surface area contributed by atoms with Gasteiger partial charge in [-0.1, -0.05) is 6.07 Å². The topological polar surface area (TPSA) is 97.2 Å². The molecule has 0 aliphatic carbocycles. The summed E-state index contributed by atoms with van der Waals surface area (Å²) in [6, 6.07) is 7.65. The lowest BCUT2D eigenvalue weighted by Gasteiger charge is -2.47. The SMILES string of the molecule is CC(C)n1c(=O)ccc2cnc(N[C@@H](C)c3ccc(C4(N5CCNCC5)CCOCC4)nc3)nc21. The van der Waals surface area contributed by atoms with E-state index in [1.807, 2.05) is 20.0 Å². The number of nitrogens with zero attached hydrogens (tertiary/aromatic N) is 5. The smallest absolute Gasteiger partial charge is 0.252 e. The zero-order valence-corrected chi connectivity index (χ0v) is 20.8. The van der Waals surface area contributed by atoms with Crippen LogP contribution >= 0.6 is 0 Å². The van der Waals surface area contributed by atoms with Crippen molar-refractivity contribution >= 4 is 17.0 Å². The number of aromatic nitrogens is 4. The first-order valence-electron chi connectivity index (χ1n) is 12.6. The Kier molecular flexibility index (Phi) is 6.82. The van der Waals surface area contributed by atoms with Gasteiger partial charge in [-0.25, -0.2) is 4.98 Å². The zero-order valence-electron chi connectivity index (χ0n) is 20.8. The molecule has 3 aromatic rings. The van der Waals surface area contributed by atoms with Crippen molar-refractivity contribution in [2.24, 2.45) is 0 Å². The number of pyridine rings is 2. The summed E-state index contributed by atoms with van der Waals surface area (Å²) in [6.45, 7) is 11.7. The van der Waals surface area contributed by atoms with E-state index in [9.17, 15) is 4.79 Å². The Balaban J connectivity index is 1.38. The first kappa shape index (κ1) is 23.8. The van der Waals surface area contributed by atoms with Gasteiger partial charge in [-0.15, -0.1) is 0 Å². The standard InChI is InChI=1S/C26H35N7O2/c1-18(2)33-23(34)7-5-21-17-29-25(31-24(21)33)30-19(3)20-4-6-22(28-16-20)26(8-14-35-15-9-26)32-12-10-27-11-13-32/h4-7,16-19,27H,8-15H2,1-3H3,(H,29,30,31)/t19-/m0/s1. The van der Waals surface area contributed by atoms with Crippen molar-refractivity contribution in [3.8, 4) is 0 Å². The van der Waals surface area contributed by atoms with Gasteiger partial charge in [-0.05, 0) is 51.3 Å². The van der Waals surface area contributed by atoms with E-state index in [1.165, 1.54) is 0 Å². The normalized spacial score (nSPS) is 19.7. The molecule has 2 saturated heterocycles. The highest BCUT2D eigenvalue weighted by molar-refractivity contribution is 5.75. The van der Waals surface area contributed by atoms with Crippen LogP contribution in [-0.2, 0) is 10.3 Å². The number of hydrogen-bond donors (Lipinski definition) is 2. The molecular formula is C26H35N7O2. The fourth-order valence-corrected chi connectivity index (χ4v) is 5.36. The Morgan fingerprint density at radius 1 is 1.03 bits per heavy atom. The summed E-state index contributed by atoms with van der Waals surface area (Å²) in [5.74, 6) is 0.496. The molecule has 9 nitrogen and oxygen atoms in total. The fourth-order valence-electron chi connectivity index (χ4n) is 5.36. The van der Waals surface area contributed by atoms with Crippen molar-refractivity contribution in [1.29, 1.82) is 0 Å². The van der Waals surface area contributed by atoms with Gasteiger partial charge in [0.15, 0.2) is 0 Å². The molecule has 2 aliphatic rings. The average Bonchev–Trinajstić information content (AvgIpc) is 2.89. The predicted octanol–water partition coefficient (Wildman–Crippen LogP) is 2.85. The first-order chi connectivity index (χ1) is 17.0. The van der Waals surface area contributed by atoms with E-state index in [0.29, 0.717) is 11.6 Å². The van der Waals surface area contributed by atoms with E-state index in [1.54, 1.807) is 22.9 Å². The van der Waals surface area contributed by atoms with Crippen molar-refractivity contribution in [2.75, 3.05) is 44.7 Å². The minimum atomic E-state index is -0.0588. The summed E-state index contributed by atoms with van der Waals surface area (Å²) in [6.07, 6.45) is 5.67. The van der Waals surface area contributed by atoms with Crippen molar-refractivity contribution in [2.45, 2.75) is 51.2 Å². The molecule has 9 heteroatoms. The van der Waals surface area contributed by atoms with Crippen LogP contribution in [0.4, 0.5) is 5.95 Å². The number of ether oxygens (including phenoxy) is 1. The second kappa shape index (κ2) is 10.0. The molecule has 2 aliphatic heterocycles. The van der Waals surface area contributed by atoms with Gasteiger partial charge in [0.2, 0.25) is 5.95 Å². The minimum absolute atomic E-state index is 0.0105. The third kappa shape index (κ3) is 4.68. The maximum atomic E-state index is 12.4. The molecule has 35 heavy (non-hydrogen) atoms. The van der Waals surface area contributed by atoms with Crippen LogP contribution in [0.3, 0.4) is 0 Å². The van der Waals surface area contributed by atoms with Crippen molar-refractivity contribution in [3.05, 3.63) is 58.3 Å². The Bertz CT molecular complexity index is 1210. The highest BCUT2D eigenvalue weighted by atomic mass is 16.5. The molecule has 0 bridgehead atoms. The highest BCUT2D eigenvalue weighted by Crippen LogP contribution is 2.37. The zero-order chi connectivity index (χ0) is 24.4. The van der Waals surface area contributed by atoms with Gasteiger partial charge in [-0.3, -0.25) is 19.2 Å². The van der Waals surface area contributed by atoms with Gasteiger partial charge < -0.3 is 15.4 Å². The molecule has 0 spiro atoms. The number of hydrogen-bond acceptors (Lipinski definition) is 8. The first-order valence-corrected chi connectivity index (χ1v) is 12.6. The summed E-state index contributed by atoms with van der Waals surface area (Å²) >= 11 is 0. The summed E-state index contributed by atoms with van der Waals surface area (Å²) in [7, 11) is 0. The van der Waals surface area contributed by atoms with Crippen molar-refractivity contribution in [3.63, 3.8) is 0 Å². The second-order valence-corrected chi connectivity index (χ2v) is 9.83. The summed E-state index contributed by atoms with van der Waals surface area (Å²) in [5, 5.41) is 7.70. The van der Waals surface area contributed by atoms with Crippen LogP contribution in [0.5, 0.6) is 0 Å². The molecule has 0 aromatic carbocycles. The van der Waals surface area contributed by atoms with E-state index in [2.05, 4.69) is 44.6 Å². The van der Waals surface area contributed by atoms with Crippen LogP contribution in [0.2, 0.25) is 0 Å². The number of fused-ring (bicyclic) bond motifs is 1. The Labute approximate surface area is 205 Å². The lowest BCUT2D eigenvalue weighted by atomic mass is 9.83. The van der Waals surface area contributed by atoms with E-state index in [0.717, 1.165) is 68.9 Å². The van der Waals surface area contributed by atoms with Crippen LogP contribution in [0, 0.1) is 0 Å². The molecule has 0 amide bonds. The number of piperazine rings is 1. The van der Waals surface area contributed by atoms with E-state index in [-0.39, 0.29) is 23.2 Å². The third-order valence-corrected chi connectivity index (χ3v) is 7.33. The Morgan fingerprint density at radius 3 is 2.49 bits per heavy atom. The molecule has 5 rings (SSSR count). The van der Waals surface area contributed by atoms with Gasteiger partial charge in [0.25, 0.3) is 5.56 Å². The lowest BCUT2D eigenvalue weighted by molar-refractivity contribution is -0.0396. The molecule has 2 N–H and O–H groups in total. The molecular weight excluding hydrogens is 442 g/mol. The maximum absolute atomic E-state index is 12.4. The van der Waals surface area contributed by atoms with Crippen LogP contribution in [0.25, 0.3) is 11.0 Å². The summed E-state index contributed by atoms with van der Waals surface area (Å²) < 4.78 is 7.41. The van der Waals surface area contributed by atoms with E-state index < -0.39 is 0 Å². The number of nitrogens with one attached hydrogen (secondary N) is 2. The fraction of sp³-hybridized carbons (Fsp3) is 0.538. The average molecular weight is 478 g/mol. The van der Waals surface area contributed by atoms with Crippen molar-refractivity contribution in [1.82, 2.24) is 29.7 Å². The largest absolute Gasteiger partial charge is 0.381 e. The highest BCUT2D eigenvalue weighted by Gasteiger charge is 2.41. The number of rotatable bonds is 6. The summed E-state index contributed by atoms with van der Waals surface area (Å²) in [4.78, 5) is 29.1. The Hall–Kier alpha value is -2.88. The predicted molar refractivity (Wildman–Crippen MR) is 137 cm³/mol.